The SMILES string of the molecule is C=CCOC/C(=C\C)[C@H]1CCCC[C@]1(O)C=C. The van der Waals surface area contributed by atoms with Crippen LogP contribution in [0.25, 0.3) is 0 Å². The first-order valence-corrected chi connectivity index (χ1v) is 6.37. The summed E-state index contributed by atoms with van der Waals surface area (Å²) in [5, 5.41) is 10.6. The third-order valence-electron chi connectivity index (χ3n) is 3.60. The van der Waals surface area contributed by atoms with Gasteiger partial charge in [-0.25, -0.2) is 0 Å². The molecule has 0 aromatic heterocycles. The Hall–Kier alpha value is -0.860. The van der Waals surface area contributed by atoms with Crippen molar-refractivity contribution >= 4 is 0 Å². The number of rotatable bonds is 6. The molecular formula is C15H24O2. The first-order valence-electron chi connectivity index (χ1n) is 6.37. The van der Waals surface area contributed by atoms with Gasteiger partial charge in [-0.2, -0.15) is 0 Å². The van der Waals surface area contributed by atoms with Gasteiger partial charge in [-0.15, -0.1) is 13.2 Å². The van der Waals surface area contributed by atoms with Gasteiger partial charge in [-0.3, -0.25) is 0 Å². The fourth-order valence-corrected chi connectivity index (χ4v) is 2.58. The van der Waals surface area contributed by atoms with E-state index in [0.29, 0.717) is 13.2 Å². The molecule has 17 heavy (non-hydrogen) atoms. The Bertz CT molecular complexity index is 293. The molecule has 0 radical (unpaired) electrons. The summed E-state index contributed by atoms with van der Waals surface area (Å²) in [4.78, 5) is 0. The van der Waals surface area contributed by atoms with E-state index in [2.05, 4.69) is 19.2 Å². The number of aliphatic hydroxyl groups is 1. The molecular weight excluding hydrogens is 212 g/mol. The molecule has 0 spiro atoms. The molecule has 1 N–H and O–H groups in total. The molecule has 96 valence electrons. The topological polar surface area (TPSA) is 29.5 Å². The summed E-state index contributed by atoms with van der Waals surface area (Å²) in [5.74, 6) is 0.156. The molecule has 1 aliphatic carbocycles. The van der Waals surface area contributed by atoms with Crippen LogP contribution >= 0.6 is 0 Å². The molecule has 2 heteroatoms. The standard InChI is InChI=1S/C15H24O2/c1-4-11-17-12-13(5-2)14-9-7-8-10-15(14,16)6-3/h4-6,14,16H,1,3,7-12H2,2H3/b13-5+/t14-,15-/m1/s1. The molecule has 1 aliphatic rings. The lowest BCUT2D eigenvalue weighted by Crippen LogP contribution is -2.40. The summed E-state index contributed by atoms with van der Waals surface area (Å²) >= 11 is 0. The fraction of sp³-hybridized carbons (Fsp3) is 0.600. The minimum Gasteiger partial charge on any atom is -0.385 e. The number of ether oxygens (including phenoxy) is 1. The first kappa shape index (κ1) is 14.2. The van der Waals surface area contributed by atoms with Gasteiger partial charge in [0.1, 0.15) is 0 Å². The fourth-order valence-electron chi connectivity index (χ4n) is 2.58. The summed E-state index contributed by atoms with van der Waals surface area (Å²) in [5.41, 5.74) is 0.423. The molecule has 2 atom stereocenters. The largest absolute Gasteiger partial charge is 0.385 e. The van der Waals surface area contributed by atoms with E-state index in [-0.39, 0.29) is 5.92 Å². The van der Waals surface area contributed by atoms with Crippen LogP contribution in [0.4, 0.5) is 0 Å². The molecule has 0 heterocycles. The van der Waals surface area contributed by atoms with E-state index in [9.17, 15) is 5.11 Å². The highest BCUT2D eigenvalue weighted by Gasteiger charge is 2.37. The highest BCUT2D eigenvalue weighted by molar-refractivity contribution is 5.18. The minimum absolute atomic E-state index is 0.156. The predicted molar refractivity (Wildman–Crippen MR) is 71.9 cm³/mol. The number of hydrogen-bond donors (Lipinski definition) is 1. The van der Waals surface area contributed by atoms with Gasteiger partial charge >= 0.3 is 0 Å². The minimum atomic E-state index is -0.752. The highest BCUT2D eigenvalue weighted by atomic mass is 16.5. The monoisotopic (exact) mass is 236 g/mol. The molecule has 0 amide bonds. The van der Waals surface area contributed by atoms with Crippen molar-refractivity contribution in [2.45, 2.75) is 38.2 Å². The maximum atomic E-state index is 10.6. The maximum Gasteiger partial charge on any atom is 0.0890 e. The van der Waals surface area contributed by atoms with Gasteiger partial charge in [0.25, 0.3) is 0 Å². The molecule has 0 aromatic rings. The zero-order valence-electron chi connectivity index (χ0n) is 10.8. The van der Waals surface area contributed by atoms with Gasteiger partial charge < -0.3 is 9.84 Å². The summed E-state index contributed by atoms with van der Waals surface area (Å²) in [7, 11) is 0. The predicted octanol–water partition coefficient (Wildman–Crippen LogP) is 3.24. The molecule has 0 aliphatic heterocycles. The molecule has 0 unspecified atom stereocenters. The van der Waals surface area contributed by atoms with E-state index < -0.39 is 5.60 Å². The van der Waals surface area contributed by atoms with Crippen LogP contribution in [-0.2, 0) is 4.74 Å². The summed E-state index contributed by atoms with van der Waals surface area (Å²) in [6.45, 7) is 10.5. The lowest BCUT2D eigenvalue weighted by Gasteiger charge is -2.39. The van der Waals surface area contributed by atoms with E-state index in [4.69, 9.17) is 4.74 Å². The second-order valence-electron chi connectivity index (χ2n) is 4.66. The van der Waals surface area contributed by atoms with Crippen molar-refractivity contribution in [3.63, 3.8) is 0 Å². The Morgan fingerprint density at radius 1 is 1.47 bits per heavy atom. The Kier molecular flexibility index (Phi) is 5.66. The van der Waals surface area contributed by atoms with E-state index in [1.165, 1.54) is 12.0 Å². The third-order valence-corrected chi connectivity index (χ3v) is 3.60. The van der Waals surface area contributed by atoms with Crippen LogP contribution in [0, 0.1) is 5.92 Å². The van der Waals surface area contributed by atoms with Crippen molar-refractivity contribution in [3.05, 3.63) is 37.0 Å². The van der Waals surface area contributed by atoms with Crippen LogP contribution in [-0.4, -0.2) is 23.9 Å². The second kappa shape index (κ2) is 6.77. The third kappa shape index (κ3) is 3.55. The van der Waals surface area contributed by atoms with Crippen molar-refractivity contribution in [1.29, 1.82) is 0 Å². The Balaban J connectivity index is 2.71. The molecule has 0 saturated heterocycles. The molecule has 1 saturated carbocycles. The van der Waals surface area contributed by atoms with E-state index in [1.807, 2.05) is 6.92 Å². The smallest absolute Gasteiger partial charge is 0.0890 e. The molecule has 2 nitrogen and oxygen atoms in total. The van der Waals surface area contributed by atoms with Crippen molar-refractivity contribution in [2.75, 3.05) is 13.2 Å². The Morgan fingerprint density at radius 3 is 2.82 bits per heavy atom. The van der Waals surface area contributed by atoms with Crippen molar-refractivity contribution in [3.8, 4) is 0 Å². The summed E-state index contributed by atoms with van der Waals surface area (Å²) in [6.07, 6.45) is 9.57. The zero-order valence-corrected chi connectivity index (χ0v) is 10.8. The maximum absolute atomic E-state index is 10.6. The van der Waals surface area contributed by atoms with Crippen LogP contribution in [0.15, 0.2) is 37.0 Å². The van der Waals surface area contributed by atoms with Gasteiger partial charge in [-0.1, -0.05) is 31.1 Å². The zero-order chi connectivity index (χ0) is 12.7. The average molecular weight is 236 g/mol. The average Bonchev–Trinajstić information content (AvgIpc) is 2.36. The van der Waals surface area contributed by atoms with E-state index in [0.717, 1.165) is 19.3 Å². The van der Waals surface area contributed by atoms with Gasteiger partial charge in [-0.05, 0) is 25.3 Å². The van der Waals surface area contributed by atoms with Gasteiger partial charge in [0.05, 0.1) is 18.8 Å². The Labute approximate surface area is 105 Å². The van der Waals surface area contributed by atoms with E-state index in [1.54, 1.807) is 12.2 Å². The van der Waals surface area contributed by atoms with Crippen molar-refractivity contribution < 1.29 is 9.84 Å². The van der Waals surface area contributed by atoms with Gasteiger partial charge in [0, 0.05) is 5.92 Å². The van der Waals surface area contributed by atoms with Crippen LogP contribution < -0.4 is 0 Å². The number of allylic oxidation sites excluding steroid dienone is 1. The van der Waals surface area contributed by atoms with Gasteiger partial charge in [0.2, 0.25) is 0 Å². The summed E-state index contributed by atoms with van der Waals surface area (Å²) in [6, 6.07) is 0. The normalized spacial score (nSPS) is 30.0. The molecule has 1 rings (SSSR count). The molecule has 0 bridgehead atoms. The highest BCUT2D eigenvalue weighted by Crippen LogP contribution is 2.39. The lowest BCUT2D eigenvalue weighted by atomic mass is 9.72. The molecule has 1 fully saturated rings. The van der Waals surface area contributed by atoms with E-state index >= 15 is 0 Å². The van der Waals surface area contributed by atoms with Crippen molar-refractivity contribution in [2.24, 2.45) is 5.92 Å². The molecule has 0 aromatic carbocycles. The van der Waals surface area contributed by atoms with Crippen molar-refractivity contribution in [1.82, 2.24) is 0 Å². The van der Waals surface area contributed by atoms with Crippen LogP contribution in [0.5, 0.6) is 0 Å². The van der Waals surface area contributed by atoms with Crippen LogP contribution in [0.1, 0.15) is 32.6 Å². The second-order valence-corrected chi connectivity index (χ2v) is 4.66. The first-order chi connectivity index (χ1) is 8.18. The Morgan fingerprint density at radius 2 is 2.24 bits per heavy atom. The summed E-state index contributed by atoms with van der Waals surface area (Å²) < 4.78 is 5.50. The quantitative estimate of drug-likeness (QED) is 0.566. The van der Waals surface area contributed by atoms with Crippen LogP contribution in [0.3, 0.4) is 0 Å². The lowest BCUT2D eigenvalue weighted by molar-refractivity contribution is 0.00492. The van der Waals surface area contributed by atoms with Gasteiger partial charge in [0.15, 0.2) is 0 Å². The van der Waals surface area contributed by atoms with Crippen LogP contribution in [0.2, 0.25) is 0 Å². The number of hydrogen-bond acceptors (Lipinski definition) is 2.